The summed E-state index contributed by atoms with van der Waals surface area (Å²) in [5, 5.41) is 2.83. The van der Waals surface area contributed by atoms with Gasteiger partial charge >= 0.3 is 0 Å². The quantitative estimate of drug-likeness (QED) is 0.179. The third-order valence-corrected chi connectivity index (χ3v) is 7.37. The summed E-state index contributed by atoms with van der Waals surface area (Å²) in [5.41, 5.74) is 9.97. The Balaban J connectivity index is 1.08. The minimum absolute atomic E-state index is 0.218. The van der Waals surface area contributed by atoms with E-state index in [4.69, 9.17) is 9.97 Å². The second-order valence-corrected chi connectivity index (χ2v) is 10.1. The van der Waals surface area contributed by atoms with Crippen LogP contribution in [0.15, 0.2) is 115 Å². The van der Waals surface area contributed by atoms with Crippen molar-refractivity contribution >= 4 is 45.0 Å². The molecule has 200 valence electrons. The number of fused-ring (bicyclic) bond motifs is 3. The molecule has 0 aliphatic rings. The van der Waals surface area contributed by atoms with Crippen molar-refractivity contribution in [3.63, 3.8) is 0 Å². The van der Waals surface area contributed by atoms with Crippen LogP contribution in [0.3, 0.4) is 0 Å². The van der Waals surface area contributed by atoms with Gasteiger partial charge in [0.05, 0.1) is 33.1 Å². The SMILES string of the molecule is O=C(Nc1nc2ccc(-c3nc4ccc(-c5nc6cc(-c7ccccc7)ccc6[nH]5)cc4[nH]3)cc2[nH]1)c1ccccc1. The zero-order valence-electron chi connectivity index (χ0n) is 22.2. The maximum atomic E-state index is 12.5. The summed E-state index contributed by atoms with van der Waals surface area (Å²) in [4.78, 5) is 36.9. The van der Waals surface area contributed by atoms with Crippen molar-refractivity contribution in [2.45, 2.75) is 0 Å². The second kappa shape index (κ2) is 9.57. The lowest BCUT2D eigenvalue weighted by atomic mass is 10.1. The fraction of sp³-hybridized carbons (Fsp3) is 0. The molecule has 8 heteroatoms. The van der Waals surface area contributed by atoms with Gasteiger partial charge in [-0.3, -0.25) is 10.1 Å². The Bertz CT molecular complexity index is 2240. The van der Waals surface area contributed by atoms with E-state index in [9.17, 15) is 4.79 Å². The van der Waals surface area contributed by atoms with E-state index < -0.39 is 0 Å². The molecule has 42 heavy (non-hydrogen) atoms. The normalized spacial score (nSPS) is 11.4. The summed E-state index contributed by atoms with van der Waals surface area (Å²) in [7, 11) is 0. The molecule has 5 aromatic carbocycles. The Hall–Kier alpha value is -6.02. The van der Waals surface area contributed by atoms with Crippen LogP contribution in [0.1, 0.15) is 10.4 Å². The molecular formula is C34H23N7O. The first kappa shape index (κ1) is 23.8. The first-order valence-electron chi connectivity index (χ1n) is 13.6. The van der Waals surface area contributed by atoms with E-state index in [1.54, 1.807) is 12.1 Å². The van der Waals surface area contributed by atoms with Crippen molar-refractivity contribution in [2.24, 2.45) is 0 Å². The Morgan fingerprint density at radius 3 is 1.83 bits per heavy atom. The molecule has 0 saturated carbocycles. The lowest BCUT2D eigenvalue weighted by Gasteiger charge is -2.00. The molecule has 4 N–H and O–H groups in total. The summed E-state index contributed by atoms with van der Waals surface area (Å²) in [6.07, 6.45) is 0. The predicted octanol–water partition coefficient (Wildman–Crippen LogP) is 7.57. The number of imidazole rings is 3. The van der Waals surface area contributed by atoms with Crippen LogP contribution >= 0.6 is 0 Å². The van der Waals surface area contributed by atoms with Gasteiger partial charge in [0.15, 0.2) is 0 Å². The average Bonchev–Trinajstić information content (AvgIpc) is 3.77. The third kappa shape index (κ3) is 4.28. The molecule has 0 atom stereocenters. The fourth-order valence-corrected chi connectivity index (χ4v) is 5.23. The third-order valence-electron chi connectivity index (χ3n) is 7.37. The van der Waals surface area contributed by atoms with Crippen LogP contribution in [0.5, 0.6) is 0 Å². The highest BCUT2D eigenvalue weighted by atomic mass is 16.1. The summed E-state index contributed by atoms with van der Waals surface area (Å²) >= 11 is 0. The van der Waals surface area contributed by atoms with Gasteiger partial charge in [-0.1, -0.05) is 54.6 Å². The molecule has 0 radical (unpaired) electrons. The molecule has 0 aliphatic carbocycles. The average molecular weight is 546 g/mol. The topological polar surface area (TPSA) is 115 Å². The second-order valence-electron chi connectivity index (χ2n) is 10.1. The number of nitrogens with one attached hydrogen (secondary N) is 4. The number of nitrogens with zero attached hydrogens (tertiary/aromatic N) is 3. The smallest absolute Gasteiger partial charge is 0.257 e. The van der Waals surface area contributed by atoms with Crippen LogP contribution in [0.2, 0.25) is 0 Å². The van der Waals surface area contributed by atoms with Gasteiger partial charge in [-0.2, -0.15) is 0 Å². The molecule has 0 bridgehead atoms. The predicted molar refractivity (Wildman–Crippen MR) is 166 cm³/mol. The van der Waals surface area contributed by atoms with Gasteiger partial charge < -0.3 is 15.0 Å². The fourth-order valence-electron chi connectivity index (χ4n) is 5.23. The van der Waals surface area contributed by atoms with Crippen molar-refractivity contribution in [1.29, 1.82) is 0 Å². The van der Waals surface area contributed by atoms with E-state index in [0.29, 0.717) is 11.5 Å². The molecule has 0 aliphatic heterocycles. The lowest BCUT2D eigenvalue weighted by Crippen LogP contribution is -2.12. The van der Waals surface area contributed by atoms with E-state index in [1.807, 2.05) is 66.7 Å². The Morgan fingerprint density at radius 2 is 1.10 bits per heavy atom. The van der Waals surface area contributed by atoms with E-state index in [1.165, 1.54) is 0 Å². The van der Waals surface area contributed by atoms with Crippen molar-refractivity contribution < 1.29 is 4.79 Å². The molecule has 0 fully saturated rings. The van der Waals surface area contributed by atoms with E-state index >= 15 is 0 Å². The van der Waals surface area contributed by atoms with E-state index in [-0.39, 0.29) is 5.91 Å². The Kier molecular flexibility index (Phi) is 5.43. The highest BCUT2D eigenvalue weighted by molar-refractivity contribution is 6.04. The number of hydrogen-bond acceptors (Lipinski definition) is 4. The van der Waals surface area contributed by atoms with Gasteiger partial charge in [0.2, 0.25) is 5.95 Å². The maximum absolute atomic E-state index is 12.5. The van der Waals surface area contributed by atoms with E-state index in [0.717, 1.165) is 67.0 Å². The summed E-state index contributed by atoms with van der Waals surface area (Å²) in [6.45, 7) is 0. The zero-order chi connectivity index (χ0) is 28.0. The number of aromatic nitrogens is 6. The van der Waals surface area contributed by atoms with Crippen molar-refractivity contribution in [3.8, 4) is 33.9 Å². The Morgan fingerprint density at radius 1 is 0.500 bits per heavy atom. The highest BCUT2D eigenvalue weighted by Gasteiger charge is 2.13. The van der Waals surface area contributed by atoms with E-state index in [2.05, 4.69) is 61.7 Å². The van der Waals surface area contributed by atoms with Gasteiger partial charge in [-0.05, 0) is 71.8 Å². The number of benzene rings is 5. The van der Waals surface area contributed by atoms with Crippen molar-refractivity contribution in [2.75, 3.05) is 5.32 Å². The molecule has 0 unspecified atom stereocenters. The Labute approximate surface area is 239 Å². The summed E-state index contributed by atoms with van der Waals surface area (Å²) in [6, 6.07) is 37.6. The maximum Gasteiger partial charge on any atom is 0.257 e. The minimum Gasteiger partial charge on any atom is -0.338 e. The van der Waals surface area contributed by atoms with Crippen LogP contribution in [0, 0.1) is 0 Å². The largest absolute Gasteiger partial charge is 0.338 e. The number of rotatable bonds is 5. The molecule has 0 saturated heterocycles. The molecule has 1 amide bonds. The number of amides is 1. The molecule has 3 heterocycles. The number of H-pyrrole nitrogens is 3. The number of carbonyl (C=O) groups excluding carboxylic acids is 1. The van der Waals surface area contributed by atoms with Gasteiger partial charge in [-0.25, -0.2) is 15.0 Å². The first-order chi connectivity index (χ1) is 20.7. The minimum atomic E-state index is -0.218. The monoisotopic (exact) mass is 545 g/mol. The van der Waals surface area contributed by atoms with Gasteiger partial charge in [0, 0.05) is 16.7 Å². The standard InChI is InChI=1S/C34H23N7O/c42-33(21-9-5-2-6-10-21)41-34-39-27-16-13-24(19-30(27)40-34)32-36-26-15-12-23(18-29(26)38-32)31-35-25-14-11-22(17-28(25)37-31)20-7-3-1-4-8-20/h1-19H,(H,35,37)(H,36,38)(H2,39,40,41,42). The molecule has 8 aromatic rings. The van der Waals surface area contributed by atoms with Gasteiger partial charge in [0.25, 0.3) is 5.91 Å². The molecule has 3 aromatic heterocycles. The van der Waals surface area contributed by atoms with Crippen LogP contribution in [-0.4, -0.2) is 35.8 Å². The number of aromatic amines is 3. The van der Waals surface area contributed by atoms with Crippen molar-refractivity contribution in [1.82, 2.24) is 29.9 Å². The van der Waals surface area contributed by atoms with Crippen LogP contribution in [0.4, 0.5) is 5.95 Å². The molecular weight excluding hydrogens is 522 g/mol. The van der Waals surface area contributed by atoms with Crippen molar-refractivity contribution in [3.05, 3.63) is 121 Å². The van der Waals surface area contributed by atoms with Gasteiger partial charge in [0.1, 0.15) is 11.6 Å². The summed E-state index contributed by atoms with van der Waals surface area (Å²) < 4.78 is 0. The number of hydrogen-bond donors (Lipinski definition) is 4. The highest BCUT2D eigenvalue weighted by Crippen LogP contribution is 2.29. The lowest BCUT2D eigenvalue weighted by molar-refractivity contribution is 0.102. The molecule has 8 nitrogen and oxygen atoms in total. The van der Waals surface area contributed by atoms with Gasteiger partial charge in [-0.15, -0.1) is 0 Å². The zero-order valence-corrected chi connectivity index (χ0v) is 22.2. The van der Waals surface area contributed by atoms with Crippen LogP contribution in [0.25, 0.3) is 67.0 Å². The molecule has 8 rings (SSSR count). The molecule has 0 spiro atoms. The number of carbonyl (C=O) groups is 1. The summed E-state index contributed by atoms with van der Waals surface area (Å²) in [5.74, 6) is 1.72. The van der Waals surface area contributed by atoms with Crippen LogP contribution < -0.4 is 5.32 Å². The number of anilines is 1. The first-order valence-corrected chi connectivity index (χ1v) is 13.6. The van der Waals surface area contributed by atoms with Crippen LogP contribution in [-0.2, 0) is 0 Å².